The van der Waals surface area contributed by atoms with Crippen molar-refractivity contribution in [3.05, 3.63) is 36.4 Å². The molecule has 5 fully saturated rings. The monoisotopic (exact) mass is 438 g/mol. The van der Waals surface area contributed by atoms with Gasteiger partial charge >= 0.3 is 6.03 Å². The van der Waals surface area contributed by atoms with Gasteiger partial charge in [0, 0.05) is 49.0 Å². The summed E-state index contributed by atoms with van der Waals surface area (Å²) in [6, 6.07) is 1.99. The maximum absolute atomic E-state index is 13.2. The molecule has 0 atom stereocenters. The molecule has 4 heterocycles. The first-order valence-electron chi connectivity index (χ1n) is 11.7. The van der Waals surface area contributed by atoms with E-state index in [4.69, 9.17) is 4.74 Å². The Bertz CT molecular complexity index is 1060. The van der Waals surface area contributed by atoms with Crippen LogP contribution in [0.25, 0.3) is 0 Å². The third-order valence-electron chi connectivity index (χ3n) is 8.13. The zero-order valence-corrected chi connectivity index (χ0v) is 18.0. The van der Waals surface area contributed by atoms with Crippen molar-refractivity contribution in [1.82, 2.24) is 29.5 Å². The van der Waals surface area contributed by atoms with Gasteiger partial charge in [-0.05, 0) is 38.5 Å². The molecule has 2 spiro atoms. The molecule has 3 aliphatic carbocycles. The minimum Gasteiger partial charge on any atom is -0.489 e. The van der Waals surface area contributed by atoms with Gasteiger partial charge in [0.1, 0.15) is 24.0 Å². The van der Waals surface area contributed by atoms with Gasteiger partial charge in [-0.2, -0.15) is 5.10 Å². The Labute approximate surface area is 185 Å². The largest absolute Gasteiger partial charge is 0.489 e. The number of carbonyl (C=O) groups excluding carboxylic acids is 1. The van der Waals surface area contributed by atoms with Crippen molar-refractivity contribution in [3.63, 3.8) is 0 Å². The number of amides is 2. The molecule has 8 nitrogen and oxygen atoms in total. The summed E-state index contributed by atoms with van der Waals surface area (Å²) in [5.74, 6) is 1.71. The number of urea groups is 1. The van der Waals surface area contributed by atoms with Gasteiger partial charge in [0.25, 0.3) is 0 Å². The molecule has 2 aromatic heterocycles. The highest BCUT2D eigenvalue weighted by atomic mass is 19.1. The molecule has 0 N–H and O–H groups in total. The minimum atomic E-state index is -0.383. The molecule has 2 amide bonds. The fourth-order valence-corrected chi connectivity index (χ4v) is 6.27. The second-order valence-corrected chi connectivity index (χ2v) is 10.9. The zero-order valence-electron chi connectivity index (χ0n) is 18.0. The number of ether oxygens (including phenoxy) is 1. The van der Waals surface area contributed by atoms with Crippen molar-refractivity contribution in [1.29, 1.82) is 0 Å². The van der Waals surface area contributed by atoms with Crippen molar-refractivity contribution in [2.24, 2.45) is 10.8 Å². The molecule has 9 heteroatoms. The van der Waals surface area contributed by atoms with Crippen molar-refractivity contribution < 1.29 is 13.9 Å². The summed E-state index contributed by atoms with van der Waals surface area (Å²) >= 11 is 0. The van der Waals surface area contributed by atoms with Gasteiger partial charge in [-0.3, -0.25) is 4.98 Å². The average Bonchev–Trinajstić information content (AvgIpc) is 3.38. The van der Waals surface area contributed by atoms with E-state index in [1.165, 1.54) is 25.1 Å². The summed E-state index contributed by atoms with van der Waals surface area (Å²) in [5.41, 5.74) is 0.487. The Balaban J connectivity index is 0.856. The number of aromatic nitrogens is 4. The summed E-state index contributed by atoms with van der Waals surface area (Å²) in [6.45, 7) is 3.35. The number of nitrogens with zero attached hydrogens (tertiary/aromatic N) is 6. The maximum Gasteiger partial charge on any atom is 0.320 e. The Hall–Kier alpha value is -2.71. The third kappa shape index (κ3) is 3.00. The second kappa shape index (κ2) is 6.42. The summed E-state index contributed by atoms with van der Waals surface area (Å²) in [6.07, 6.45) is 11.2. The van der Waals surface area contributed by atoms with Crippen LogP contribution in [-0.2, 0) is 0 Å². The van der Waals surface area contributed by atoms with Gasteiger partial charge in [-0.15, -0.1) is 0 Å². The van der Waals surface area contributed by atoms with Gasteiger partial charge in [0.2, 0.25) is 0 Å². The molecule has 32 heavy (non-hydrogen) atoms. The van der Waals surface area contributed by atoms with E-state index in [0.717, 1.165) is 57.7 Å². The van der Waals surface area contributed by atoms with Gasteiger partial charge in [0.05, 0.1) is 18.4 Å². The Kier molecular flexibility index (Phi) is 3.78. The predicted molar refractivity (Wildman–Crippen MR) is 112 cm³/mol. The smallest absolute Gasteiger partial charge is 0.320 e. The van der Waals surface area contributed by atoms with Gasteiger partial charge in [-0.1, -0.05) is 0 Å². The molecule has 2 aromatic rings. The van der Waals surface area contributed by atoms with E-state index in [2.05, 4.69) is 19.7 Å². The standard InChI is InChI=1S/C23H27FN6O2/c24-16-3-18(9-25-8-16)32-19-6-23(7-19)12-29(13-23)21(31)28-10-22(11-28)4-17(5-22)30-14-26-20(27-30)15-1-2-15/h3,8-9,14-15,17,19H,1-2,4-7,10-13H2. The zero-order chi connectivity index (χ0) is 21.5. The molecule has 5 aliphatic rings. The lowest BCUT2D eigenvalue weighted by Gasteiger charge is -2.63. The van der Waals surface area contributed by atoms with E-state index >= 15 is 0 Å². The van der Waals surface area contributed by atoms with Crippen LogP contribution in [0.2, 0.25) is 0 Å². The Morgan fingerprint density at radius 2 is 1.72 bits per heavy atom. The summed E-state index contributed by atoms with van der Waals surface area (Å²) in [4.78, 5) is 25.1. The van der Waals surface area contributed by atoms with E-state index < -0.39 is 0 Å². The number of hydrogen-bond donors (Lipinski definition) is 0. The van der Waals surface area contributed by atoms with Crippen LogP contribution in [0.3, 0.4) is 0 Å². The first-order chi connectivity index (χ1) is 15.5. The lowest BCUT2D eigenvalue weighted by molar-refractivity contribution is -0.121. The van der Waals surface area contributed by atoms with Gasteiger partial charge in [-0.25, -0.2) is 18.9 Å². The molecule has 0 bridgehead atoms. The highest BCUT2D eigenvalue weighted by Crippen LogP contribution is 2.55. The van der Waals surface area contributed by atoms with Crippen molar-refractivity contribution in [3.8, 4) is 5.75 Å². The molecule has 2 saturated heterocycles. The van der Waals surface area contributed by atoms with Gasteiger partial charge < -0.3 is 14.5 Å². The molecule has 168 valence electrons. The van der Waals surface area contributed by atoms with Crippen LogP contribution in [0.1, 0.15) is 56.3 Å². The number of rotatable bonds is 4. The number of hydrogen-bond acceptors (Lipinski definition) is 5. The first kappa shape index (κ1) is 18.8. The third-order valence-corrected chi connectivity index (χ3v) is 8.13. The van der Waals surface area contributed by atoms with Crippen molar-refractivity contribution in [2.45, 2.75) is 56.6 Å². The molecule has 0 aromatic carbocycles. The van der Waals surface area contributed by atoms with Crippen LogP contribution in [0, 0.1) is 16.6 Å². The van der Waals surface area contributed by atoms with Crippen LogP contribution in [0.5, 0.6) is 5.75 Å². The fraction of sp³-hybridized carbons (Fsp3) is 0.652. The molecule has 7 rings (SSSR count). The Morgan fingerprint density at radius 3 is 2.38 bits per heavy atom. The summed E-state index contributed by atoms with van der Waals surface area (Å²) in [7, 11) is 0. The topological polar surface area (TPSA) is 76.4 Å². The lowest BCUT2D eigenvalue weighted by Crippen LogP contribution is -2.71. The molecule has 0 unspecified atom stereocenters. The summed E-state index contributed by atoms with van der Waals surface area (Å²) < 4.78 is 21.1. The number of halogens is 1. The van der Waals surface area contributed by atoms with Crippen molar-refractivity contribution in [2.75, 3.05) is 26.2 Å². The SMILES string of the molecule is O=C(N1CC2(CC(Oc3cncc(F)c3)C2)C1)N1CC2(CC(n3cnc(C4CC4)n3)C2)C1. The number of carbonyl (C=O) groups is 1. The minimum absolute atomic E-state index is 0.0901. The molecular weight excluding hydrogens is 411 g/mol. The van der Waals surface area contributed by atoms with Crippen molar-refractivity contribution >= 4 is 6.03 Å². The highest BCUT2D eigenvalue weighted by molar-refractivity contribution is 5.77. The van der Waals surface area contributed by atoms with Crippen LogP contribution in [0.15, 0.2) is 24.8 Å². The molecule has 2 aliphatic heterocycles. The normalized spacial score (nSPS) is 25.8. The van der Waals surface area contributed by atoms with Crippen LogP contribution in [-0.4, -0.2) is 67.9 Å². The van der Waals surface area contributed by atoms with E-state index in [9.17, 15) is 9.18 Å². The summed E-state index contributed by atoms with van der Waals surface area (Å²) in [5, 5.41) is 4.68. The first-order valence-corrected chi connectivity index (χ1v) is 11.7. The number of pyridine rings is 1. The van der Waals surface area contributed by atoms with Crippen LogP contribution < -0.4 is 4.74 Å². The molecular formula is C23H27FN6O2. The second-order valence-electron chi connectivity index (χ2n) is 10.9. The lowest BCUT2D eigenvalue weighted by atomic mass is 9.60. The van der Waals surface area contributed by atoms with Gasteiger partial charge in [0.15, 0.2) is 5.82 Å². The molecule has 3 saturated carbocycles. The Morgan fingerprint density at radius 1 is 1.03 bits per heavy atom. The predicted octanol–water partition coefficient (Wildman–Crippen LogP) is 2.99. The van der Waals surface area contributed by atoms with E-state index in [-0.39, 0.29) is 23.4 Å². The average molecular weight is 439 g/mol. The quantitative estimate of drug-likeness (QED) is 0.734. The van der Waals surface area contributed by atoms with Crippen LogP contribution in [0.4, 0.5) is 9.18 Å². The molecule has 0 radical (unpaired) electrons. The fourth-order valence-electron chi connectivity index (χ4n) is 6.27. The van der Waals surface area contributed by atoms with E-state index in [1.807, 2.05) is 16.1 Å². The maximum atomic E-state index is 13.2. The highest BCUT2D eigenvalue weighted by Gasteiger charge is 2.59. The van der Waals surface area contributed by atoms with Crippen LogP contribution >= 0.6 is 0 Å². The number of likely N-dealkylation sites (tertiary alicyclic amines) is 2. The van der Waals surface area contributed by atoms with E-state index in [0.29, 0.717) is 23.1 Å². The van der Waals surface area contributed by atoms with E-state index in [1.54, 1.807) is 6.20 Å².